The molecule has 1 aromatic heterocycles. The molecule has 21 heavy (non-hydrogen) atoms. The highest BCUT2D eigenvalue weighted by molar-refractivity contribution is 6.31. The van der Waals surface area contributed by atoms with E-state index >= 15 is 0 Å². The fourth-order valence-electron chi connectivity index (χ4n) is 1.62. The zero-order chi connectivity index (χ0) is 15.6. The van der Waals surface area contributed by atoms with Gasteiger partial charge in [0.25, 0.3) is 5.91 Å². The second-order valence-corrected chi connectivity index (χ2v) is 4.56. The highest BCUT2D eigenvalue weighted by Crippen LogP contribution is 2.33. The van der Waals surface area contributed by atoms with Crippen molar-refractivity contribution in [3.63, 3.8) is 0 Å². The number of alkyl halides is 3. The number of carbonyl (C=O) groups excluding carboxylic acids is 1. The second kappa shape index (κ2) is 5.61. The van der Waals surface area contributed by atoms with Gasteiger partial charge in [0.15, 0.2) is 5.69 Å². The van der Waals surface area contributed by atoms with E-state index in [9.17, 15) is 18.0 Å². The van der Waals surface area contributed by atoms with Crippen molar-refractivity contribution in [1.82, 2.24) is 4.98 Å². The van der Waals surface area contributed by atoms with Crippen LogP contribution in [0.5, 0.6) is 0 Å². The van der Waals surface area contributed by atoms with Gasteiger partial charge in [-0.2, -0.15) is 13.2 Å². The molecule has 1 amide bonds. The first-order valence-corrected chi connectivity index (χ1v) is 6.05. The molecule has 0 spiro atoms. The number of nitrogens with one attached hydrogen (secondary N) is 1. The van der Waals surface area contributed by atoms with E-state index in [4.69, 9.17) is 17.3 Å². The Morgan fingerprint density at radius 1 is 1.29 bits per heavy atom. The van der Waals surface area contributed by atoms with Crippen LogP contribution in [0.1, 0.15) is 16.1 Å². The van der Waals surface area contributed by atoms with Crippen LogP contribution in [0.4, 0.5) is 24.5 Å². The number of hydrogen-bond acceptors (Lipinski definition) is 3. The molecule has 0 radical (unpaired) electrons. The van der Waals surface area contributed by atoms with Crippen molar-refractivity contribution >= 4 is 28.9 Å². The lowest BCUT2D eigenvalue weighted by molar-refractivity contribution is -0.137. The summed E-state index contributed by atoms with van der Waals surface area (Å²) in [6, 6.07) is 5.75. The maximum atomic E-state index is 12.7. The summed E-state index contributed by atoms with van der Waals surface area (Å²) >= 11 is 5.63. The van der Waals surface area contributed by atoms with Crippen molar-refractivity contribution in [3.8, 4) is 0 Å². The molecule has 0 fully saturated rings. The van der Waals surface area contributed by atoms with E-state index in [0.29, 0.717) is 0 Å². The van der Waals surface area contributed by atoms with Gasteiger partial charge >= 0.3 is 6.18 Å². The number of aromatic nitrogens is 1. The molecule has 0 aliphatic carbocycles. The van der Waals surface area contributed by atoms with Crippen LogP contribution in [0.2, 0.25) is 5.02 Å². The van der Waals surface area contributed by atoms with Gasteiger partial charge in [-0.15, -0.1) is 0 Å². The van der Waals surface area contributed by atoms with Crippen LogP contribution in [-0.4, -0.2) is 10.9 Å². The largest absolute Gasteiger partial charge is 0.416 e. The Balaban J connectivity index is 2.30. The third kappa shape index (κ3) is 3.63. The first-order valence-electron chi connectivity index (χ1n) is 5.67. The maximum absolute atomic E-state index is 12.7. The van der Waals surface area contributed by atoms with E-state index in [1.807, 2.05) is 0 Å². The van der Waals surface area contributed by atoms with Gasteiger partial charge in [-0.1, -0.05) is 11.6 Å². The summed E-state index contributed by atoms with van der Waals surface area (Å²) in [5.74, 6) is -0.719. The van der Waals surface area contributed by atoms with Gasteiger partial charge in [-0.05, 0) is 30.3 Å². The number of nitrogen functional groups attached to an aromatic ring is 1. The van der Waals surface area contributed by atoms with E-state index in [1.165, 1.54) is 24.4 Å². The van der Waals surface area contributed by atoms with Crippen LogP contribution in [0.3, 0.4) is 0 Å². The second-order valence-electron chi connectivity index (χ2n) is 4.12. The Bertz CT molecular complexity index is 689. The van der Waals surface area contributed by atoms with Crippen LogP contribution >= 0.6 is 11.6 Å². The maximum Gasteiger partial charge on any atom is 0.416 e. The van der Waals surface area contributed by atoms with Gasteiger partial charge in [-0.3, -0.25) is 4.79 Å². The molecule has 110 valence electrons. The smallest absolute Gasteiger partial charge is 0.397 e. The van der Waals surface area contributed by atoms with Gasteiger partial charge in [0.05, 0.1) is 11.3 Å². The number of nitrogens with zero attached hydrogens (tertiary/aromatic N) is 1. The van der Waals surface area contributed by atoms with Gasteiger partial charge in [0.1, 0.15) is 0 Å². The Morgan fingerprint density at radius 3 is 2.62 bits per heavy atom. The first kappa shape index (κ1) is 15.1. The molecule has 0 bridgehead atoms. The monoisotopic (exact) mass is 315 g/mol. The van der Waals surface area contributed by atoms with E-state index in [2.05, 4.69) is 10.3 Å². The fourth-order valence-corrected chi connectivity index (χ4v) is 1.86. The molecule has 4 nitrogen and oxygen atoms in total. The van der Waals surface area contributed by atoms with E-state index in [-0.39, 0.29) is 22.1 Å². The number of carbonyl (C=O) groups is 1. The van der Waals surface area contributed by atoms with Crippen LogP contribution < -0.4 is 11.1 Å². The SMILES string of the molecule is Nc1cccnc1C(=O)Nc1cc(Cl)cc(C(F)(F)F)c1. The standard InChI is InChI=1S/C13H9ClF3N3O/c14-8-4-7(13(15,16)17)5-9(6-8)20-12(21)11-10(18)2-1-3-19-11/h1-6H,18H2,(H,20,21). The lowest BCUT2D eigenvalue weighted by Gasteiger charge is -2.11. The highest BCUT2D eigenvalue weighted by atomic mass is 35.5. The quantitative estimate of drug-likeness (QED) is 0.890. The summed E-state index contributed by atoms with van der Waals surface area (Å²) in [6.07, 6.45) is -3.21. The molecule has 0 saturated heterocycles. The topological polar surface area (TPSA) is 68.0 Å². The Kier molecular flexibility index (Phi) is 4.04. The number of pyridine rings is 1. The molecule has 2 rings (SSSR count). The molecular weight excluding hydrogens is 307 g/mol. The zero-order valence-corrected chi connectivity index (χ0v) is 11.2. The molecular formula is C13H9ClF3N3O. The van der Waals surface area contributed by atoms with E-state index < -0.39 is 17.6 Å². The number of nitrogens with two attached hydrogens (primary N) is 1. The molecule has 8 heteroatoms. The molecule has 0 atom stereocenters. The third-order valence-electron chi connectivity index (χ3n) is 2.54. The van der Waals surface area contributed by atoms with Crippen LogP contribution in [0, 0.1) is 0 Å². The molecule has 1 aromatic carbocycles. The molecule has 0 unspecified atom stereocenters. The average Bonchev–Trinajstić information content (AvgIpc) is 2.37. The van der Waals surface area contributed by atoms with Crippen molar-refractivity contribution in [1.29, 1.82) is 0 Å². The number of halogens is 4. The lowest BCUT2D eigenvalue weighted by atomic mass is 10.2. The van der Waals surface area contributed by atoms with Crippen LogP contribution in [0.15, 0.2) is 36.5 Å². The third-order valence-corrected chi connectivity index (χ3v) is 2.76. The predicted molar refractivity (Wildman–Crippen MR) is 73.1 cm³/mol. The molecule has 0 saturated carbocycles. The van der Waals surface area contributed by atoms with Crippen molar-refractivity contribution in [2.75, 3.05) is 11.1 Å². The van der Waals surface area contributed by atoms with E-state index in [0.717, 1.165) is 12.1 Å². The molecule has 0 aliphatic heterocycles. The van der Waals surface area contributed by atoms with Gasteiger partial charge in [-0.25, -0.2) is 4.98 Å². The van der Waals surface area contributed by atoms with Crippen molar-refractivity contribution < 1.29 is 18.0 Å². The number of amides is 1. The molecule has 0 aliphatic rings. The molecule has 1 heterocycles. The summed E-state index contributed by atoms with van der Waals surface area (Å²) in [7, 11) is 0. The molecule has 2 aromatic rings. The Morgan fingerprint density at radius 2 is 2.00 bits per heavy atom. The summed E-state index contributed by atoms with van der Waals surface area (Å²) < 4.78 is 38.0. The normalized spacial score (nSPS) is 11.2. The number of hydrogen-bond donors (Lipinski definition) is 2. The number of rotatable bonds is 2. The molecule has 3 N–H and O–H groups in total. The van der Waals surface area contributed by atoms with Gasteiger partial charge in [0, 0.05) is 16.9 Å². The zero-order valence-electron chi connectivity index (χ0n) is 10.4. The highest BCUT2D eigenvalue weighted by Gasteiger charge is 2.31. The van der Waals surface area contributed by atoms with Gasteiger partial charge < -0.3 is 11.1 Å². The fraction of sp³-hybridized carbons (Fsp3) is 0.0769. The van der Waals surface area contributed by atoms with Crippen molar-refractivity contribution in [2.24, 2.45) is 0 Å². The number of benzene rings is 1. The first-order chi connectivity index (χ1) is 9.77. The minimum Gasteiger partial charge on any atom is -0.397 e. The predicted octanol–water partition coefficient (Wildman–Crippen LogP) is 3.59. The summed E-state index contributed by atoms with van der Waals surface area (Å²) in [5, 5.41) is 2.14. The minimum atomic E-state index is -4.56. The Labute approximate surface area is 122 Å². The average molecular weight is 316 g/mol. The van der Waals surface area contributed by atoms with Gasteiger partial charge in [0.2, 0.25) is 0 Å². The Hall–Kier alpha value is -2.28. The summed E-state index contributed by atoms with van der Waals surface area (Å²) in [5.41, 5.74) is 4.56. The van der Waals surface area contributed by atoms with E-state index in [1.54, 1.807) is 0 Å². The van der Waals surface area contributed by atoms with Crippen molar-refractivity contribution in [2.45, 2.75) is 6.18 Å². The van der Waals surface area contributed by atoms with Crippen molar-refractivity contribution in [3.05, 3.63) is 52.8 Å². The lowest BCUT2D eigenvalue weighted by Crippen LogP contribution is -2.16. The number of anilines is 2. The minimum absolute atomic E-state index is 0.0777. The van der Waals surface area contributed by atoms with Crippen LogP contribution in [-0.2, 0) is 6.18 Å². The summed E-state index contributed by atoms with van der Waals surface area (Å²) in [6.45, 7) is 0. The van der Waals surface area contributed by atoms with Crippen LogP contribution in [0.25, 0.3) is 0 Å². The summed E-state index contributed by atoms with van der Waals surface area (Å²) in [4.78, 5) is 15.7.